The monoisotopic (exact) mass is 430 g/mol. The Bertz CT molecular complexity index is 970. The van der Waals surface area contributed by atoms with Crippen molar-refractivity contribution in [1.29, 1.82) is 0 Å². The van der Waals surface area contributed by atoms with Crippen LogP contribution in [-0.2, 0) is 16.1 Å². The number of rotatable bonds is 6. The van der Waals surface area contributed by atoms with Crippen molar-refractivity contribution in [2.24, 2.45) is 22.4 Å². The van der Waals surface area contributed by atoms with Crippen molar-refractivity contribution in [2.75, 3.05) is 18.0 Å². The fourth-order valence-corrected chi connectivity index (χ4v) is 3.40. The lowest BCUT2D eigenvalue weighted by Gasteiger charge is -2.31. The standard InChI is InChI=1S/C20H23FN6O4/c21-17-13(11-31-20(30)26-18(22)23)2-1-3-15(17)14-9-24-19(25-10-14)27-6-4-12(5-7-27)8-16(28)29/h1-3,9-10,12H,4-8,11H2,(H,28,29)(H4,22,23,26,30). The number of hydrogen-bond acceptors (Lipinski definition) is 6. The number of hydrogen-bond donors (Lipinski definition) is 3. The van der Waals surface area contributed by atoms with E-state index in [0.717, 1.165) is 12.8 Å². The number of carboxylic acid groups (broad SMARTS) is 1. The van der Waals surface area contributed by atoms with Gasteiger partial charge in [0.2, 0.25) is 5.95 Å². The van der Waals surface area contributed by atoms with E-state index in [9.17, 15) is 14.0 Å². The zero-order chi connectivity index (χ0) is 22.4. The number of halogens is 1. The molecule has 0 unspecified atom stereocenters. The summed E-state index contributed by atoms with van der Waals surface area (Å²) >= 11 is 0. The van der Waals surface area contributed by atoms with Gasteiger partial charge >= 0.3 is 12.1 Å². The Kier molecular flexibility index (Phi) is 6.96. The molecule has 0 spiro atoms. The van der Waals surface area contributed by atoms with E-state index in [0.29, 0.717) is 24.6 Å². The van der Waals surface area contributed by atoms with Gasteiger partial charge in [0, 0.05) is 48.6 Å². The molecule has 1 aliphatic rings. The van der Waals surface area contributed by atoms with Crippen molar-refractivity contribution >= 4 is 24.0 Å². The average molecular weight is 430 g/mol. The minimum absolute atomic E-state index is 0.154. The van der Waals surface area contributed by atoms with E-state index in [2.05, 4.69) is 15.0 Å². The van der Waals surface area contributed by atoms with Crippen molar-refractivity contribution < 1.29 is 23.8 Å². The third-order valence-electron chi connectivity index (χ3n) is 4.96. The van der Waals surface area contributed by atoms with E-state index in [1.165, 1.54) is 18.5 Å². The van der Waals surface area contributed by atoms with Crippen molar-refractivity contribution in [2.45, 2.75) is 25.9 Å². The number of carbonyl (C=O) groups excluding carboxylic acids is 1. The van der Waals surface area contributed by atoms with Gasteiger partial charge in [-0.2, -0.15) is 0 Å². The Hall–Kier alpha value is -3.76. The zero-order valence-corrected chi connectivity index (χ0v) is 16.7. The van der Waals surface area contributed by atoms with Gasteiger partial charge in [0.05, 0.1) is 0 Å². The molecule has 3 rings (SSSR count). The molecule has 1 saturated heterocycles. The topological polar surface area (TPSA) is 157 Å². The number of carboxylic acids is 1. The molecule has 1 fully saturated rings. The summed E-state index contributed by atoms with van der Waals surface area (Å²) in [4.78, 5) is 36.1. The van der Waals surface area contributed by atoms with Crippen LogP contribution in [0.4, 0.5) is 15.1 Å². The lowest BCUT2D eigenvalue weighted by Crippen LogP contribution is -2.35. The highest BCUT2D eigenvalue weighted by Crippen LogP contribution is 2.27. The summed E-state index contributed by atoms with van der Waals surface area (Å²) in [6.07, 6.45) is 3.73. The summed E-state index contributed by atoms with van der Waals surface area (Å²) in [7, 11) is 0. The van der Waals surface area contributed by atoms with Gasteiger partial charge in [-0.3, -0.25) is 4.79 Å². The van der Waals surface area contributed by atoms with Crippen molar-refractivity contribution in [1.82, 2.24) is 9.97 Å². The van der Waals surface area contributed by atoms with Crippen LogP contribution in [0.15, 0.2) is 35.6 Å². The molecule has 1 aromatic heterocycles. The molecule has 31 heavy (non-hydrogen) atoms. The average Bonchev–Trinajstić information content (AvgIpc) is 2.73. The maximum Gasteiger partial charge on any atom is 0.437 e. The van der Waals surface area contributed by atoms with Gasteiger partial charge in [-0.05, 0) is 18.8 Å². The third kappa shape index (κ3) is 5.87. The highest BCUT2D eigenvalue weighted by molar-refractivity contribution is 5.87. The van der Waals surface area contributed by atoms with E-state index in [-0.39, 0.29) is 30.1 Å². The molecule has 2 heterocycles. The fourth-order valence-electron chi connectivity index (χ4n) is 3.40. The molecule has 1 aliphatic heterocycles. The van der Waals surface area contributed by atoms with Crippen LogP contribution in [0.25, 0.3) is 11.1 Å². The molecule has 11 heteroatoms. The summed E-state index contributed by atoms with van der Waals surface area (Å²) in [6.45, 7) is 1.00. The molecular formula is C20H23FN6O4. The molecule has 164 valence electrons. The number of anilines is 1. The fraction of sp³-hybridized carbons (Fsp3) is 0.350. The Balaban J connectivity index is 1.67. The van der Waals surface area contributed by atoms with Crippen LogP contribution in [0.3, 0.4) is 0 Å². The number of aromatic nitrogens is 2. The Morgan fingerprint density at radius 1 is 1.23 bits per heavy atom. The molecule has 0 bridgehead atoms. The van der Waals surface area contributed by atoms with Crippen molar-refractivity contribution in [3.05, 3.63) is 42.0 Å². The van der Waals surface area contributed by atoms with Crippen LogP contribution in [0.2, 0.25) is 0 Å². The summed E-state index contributed by atoms with van der Waals surface area (Å²) in [5.74, 6) is -1.12. The number of nitrogens with zero attached hydrogens (tertiary/aromatic N) is 4. The van der Waals surface area contributed by atoms with Gasteiger partial charge in [-0.15, -0.1) is 4.99 Å². The molecule has 5 N–H and O–H groups in total. The van der Waals surface area contributed by atoms with Crippen LogP contribution in [0.5, 0.6) is 0 Å². The summed E-state index contributed by atoms with van der Waals surface area (Å²) in [5, 5.41) is 8.92. The van der Waals surface area contributed by atoms with Crippen LogP contribution in [0, 0.1) is 11.7 Å². The van der Waals surface area contributed by atoms with E-state index in [4.69, 9.17) is 21.3 Å². The largest absolute Gasteiger partial charge is 0.481 e. The number of ether oxygens (including phenoxy) is 1. The maximum absolute atomic E-state index is 14.9. The molecule has 2 aromatic rings. The normalized spacial score (nSPS) is 14.2. The van der Waals surface area contributed by atoms with Crippen LogP contribution in [0.1, 0.15) is 24.8 Å². The molecule has 1 aromatic carbocycles. The van der Waals surface area contributed by atoms with E-state index in [1.807, 2.05) is 4.90 Å². The third-order valence-corrected chi connectivity index (χ3v) is 4.96. The maximum atomic E-state index is 14.9. The second-order valence-corrected chi connectivity index (χ2v) is 7.17. The SMILES string of the molecule is NC(N)=NC(=O)OCc1cccc(-c2cnc(N3CCC(CC(=O)O)CC3)nc2)c1F. The number of benzene rings is 1. The number of carbonyl (C=O) groups is 2. The number of nitrogens with two attached hydrogens (primary N) is 2. The van der Waals surface area contributed by atoms with E-state index >= 15 is 0 Å². The molecule has 0 saturated carbocycles. The molecular weight excluding hydrogens is 407 g/mol. The summed E-state index contributed by atoms with van der Waals surface area (Å²) in [5.41, 5.74) is 11.1. The lowest BCUT2D eigenvalue weighted by atomic mass is 9.94. The second kappa shape index (κ2) is 9.83. The Morgan fingerprint density at radius 3 is 2.52 bits per heavy atom. The highest BCUT2D eigenvalue weighted by atomic mass is 19.1. The van der Waals surface area contributed by atoms with E-state index in [1.54, 1.807) is 12.1 Å². The highest BCUT2D eigenvalue weighted by Gasteiger charge is 2.23. The van der Waals surface area contributed by atoms with Gasteiger partial charge in [-0.1, -0.05) is 18.2 Å². The first-order chi connectivity index (χ1) is 14.8. The minimum atomic E-state index is -1.01. The first kappa shape index (κ1) is 21.9. The van der Waals surface area contributed by atoms with E-state index < -0.39 is 23.8 Å². The second-order valence-electron chi connectivity index (χ2n) is 7.17. The number of piperidine rings is 1. The summed E-state index contributed by atoms with van der Waals surface area (Å²) < 4.78 is 19.7. The number of aliphatic carboxylic acids is 1. The lowest BCUT2D eigenvalue weighted by molar-refractivity contribution is -0.138. The Labute approximate surface area is 177 Å². The number of guanidine groups is 1. The van der Waals surface area contributed by atoms with Crippen LogP contribution in [-0.4, -0.2) is 46.2 Å². The van der Waals surface area contributed by atoms with Crippen LogP contribution < -0.4 is 16.4 Å². The van der Waals surface area contributed by atoms with Crippen molar-refractivity contribution in [3.63, 3.8) is 0 Å². The Morgan fingerprint density at radius 2 is 1.90 bits per heavy atom. The number of amides is 1. The summed E-state index contributed by atoms with van der Waals surface area (Å²) in [6, 6.07) is 4.69. The number of aliphatic imine (C=N–C) groups is 1. The molecule has 10 nitrogen and oxygen atoms in total. The molecule has 0 aliphatic carbocycles. The van der Waals surface area contributed by atoms with Crippen LogP contribution >= 0.6 is 0 Å². The quantitative estimate of drug-likeness (QED) is 0.460. The minimum Gasteiger partial charge on any atom is -0.481 e. The van der Waals surface area contributed by atoms with Gasteiger partial charge in [0.1, 0.15) is 12.4 Å². The first-order valence-electron chi connectivity index (χ1n) is 9.66. The zero-order valence-electron chi connectivity index (χ0n) is 16.7. The van der Waals surface area contributed by atoms with Crippen molar-refractivity contribution in [3.8, 4) is 11.1 Å². The molecule has 0 atom stereocenters. The van der Waals surface area contributed by atoms with Gasteiger partial charge in [-0.25, -0.2) is 19.2 Å². The van der Waals surface area contributed by atoms with Gasteiger partial charge in [0.25, 0.3) is 0 Å². The molecule has 1 amide bonds. The van der Waals surface area contributed by atoms with Gasteiger partial charge < -0.3 is 26.2 Å². The predicted octanol–water partition coefficient (Wildman–Crippen LogP) is 1.88. The smallest absolute Gasteiger partial charge is 0.437 e. The van der Waals surface area contributed by atoms with Gasteiger partial charge in [0.15, 0.2) is 5.96 Å². The molecule has 0 radical (unpaired) electrons. The predicted molar refractivity (Wildman–Crippen MR) is 111 cm³/mol. The first-order valence-corrected chi connectivity index (χ1v) is 9.66.